The van der Waals surface area contributed by atoms with Crippen LogP contribution in [0.3, 0.4) is 0 Å². The van der Waals surface area contributed by atoms with Crippen molar-refractivity contribution < 1.29 is 28.5 Å². The van der Waals surface area contributed by atoms with Crippen LogP contribution in [-0.2, 0) is 4.74 Å². The summed E-state index contributed by atoms with van der Waals surface area (Å²) in [7, 11) is 3.09. The predicted molar refractivity (Wildman–Crippen MR) is 84.1 cm³/mol. The zero-order valence-electron chi connectivity index (χ0n) is 13.3. The number of ketones is 1. The van der Waals surface area contributed by atoms with Gasteiger partial charge in [0.15, 0.2) is 23.4 Å². The Morgan fingerprint density at radius 1 is 1.08 bits per heavy atom. The first-order valence-corrected chi connectivity index (χ1v) is 7.53. The molecule has 6 nitrogen and oxygen atoms in total. The van der Waals surface area contributed by atoms with Crippen LogP contribution in [0.4, 0.5) is 0 Å². The Bertz CT molecular complexity index is 786. The van der Waals surface area contributed by atoms with E-state index in [1.165, 1.54) is 0 Å². The number of fused-ring (bicyclic) bond motifs is 1. The van der Waals surface area contributed by atoms with Gasteiger partial charge < -0.3 is 23.7 Å². The first-order valence-electron chi connectivity index (χ1n) is 7.53. The second-order valence-electron chi connectivity index (χ2n) is 5.47. The fourth-order valence-electron chi connectivity index (χ4n) is 2.92. The highest BCUT2D eigenvalue weighted by Gasteiger charge is 2.49. The second-order valence-corrected chi connectivity index (χ2v) is 5.47. The molecule has 2 aliphatic rings. The van der Waals surface area contributed by atoms with E-state index in [1.807, 2.05) is 18.2 Å². The summed E-state index contributed by atoms with van der Waals surface area (Å²) in [4.78, 5) is 12.5. The summed E-state index contributed by atoms with van der Waals surface area (Å²) < 4.78 is 27.4. The average molecular weight is 328 g/mol. The minimum absolute atomic E-state index is 0.0562. The quantitative estimate of drug-likeness (QED) is 0.621. The van der Waals surface area contributed by atoms with Gasteiger partial charge in [0.05, 0.1) is 14.2 Å². The van der Waals surface area contributed by atoms with Crippen LogP contribution < -0.4 is 18.9 Å². The molecule has 24 heavy (non-hydrogen) atoms. The van der Waals surface area contributed by atoms with Gasteiger partial charge in [-0.2, -0.15) is 0 Å². The molecule has 0 unspecified atom stereocenters. The van der Waals surface area contributed by atoms with E-state index in [4.69, 9.17) is 23.7 Å². The molecule has 2 atom stereocenters. The Hall–Kier alpha value is -2.73. The number of Topliss-reactive ketones (excluding diaryl/α,β-unsaturated/α-hetero) is 1. The van der Waals surface area contributed by atoms with Gasteiger partial charge in [-0.15, -0.1) is 0 Å². The molecule has 0 N–H and O–H groups in total. The van der Waals surface area contributed by atoms with E-state index >= 15 is 0 Å². The maximum Gasteiger partial charge on any atom is 0.231 e. The van der Waals surface area contributed by atoms with Gasteiger partial charge in [-0.3, -0.25) is 4.79 Å². The molecule has 4 rings (SSSR count). The molecule has 0 amide bonds. The van der Waals surface area contributed by atoms with E-state index in [0.29, 0.717) is 34.1 Å². The van der Waals surface area contributed by atoms with E-state index in [2.05, 4.69) is 0 Å². The van der Waals surface area contributed by atoms with Crippen LogP contribution in [0.25, 0.3) is 0 Å². The van der Waals surface area contributed by atoms with E-state index in [9.17, 15) is 4.79 Å². The number of methoxy groups -OCH3 is 2. The predicted octanol–water partition coefficient (Wildman–Crippen LogP) is 2.76. The normalized spacial score (nSPS) is 20.6. The molecule has 0 bridgehead atoms. The van der Waals surface area contributed by atoms with E-state index < -0.39 is 12.2 Å². The summed E-state index contributed by atoms with van der Waals surface area (Å²) in [6.07, 6.45) is -0.928. The molecule has 6 heteroatoms. The molecule has 1 saturated heterocycles. The molecular weight excluding hydrogens is 312 g/mol. The van der Waals surface area contributed by atoms with Crippen LogP contribution in [-0.4, -0.2) is 32.9 Å². The van der Waals surface area contributed by atoms with Gasteiger partial charge in [0, 0.05) is 11.1 Å². The van der Waals surface area contributed by atoms with Crippen LogP contribution in [0, 0.1) is 0 Å². The van der Waals surface area contributed by atoms with Crippen LogP contribution in [0.2, 0.25) is 0 Å². The van der Waals surface area contributed by atoms with Gasteiger partial charge >= 0.3 is 0 Å². The number of carbonyl (C=O) groups excluding carboxylic acids is 1. The molecule has 0 spiro atoms. The SMILES string of the molecule is COc1cc([C@H]2O[C@@H]2C(=O)c2ccccc2)c(OC)c2c1OCO2. The smallest absolute Gasteiger partial charge is 0.231 e. The maximum atomic E-state index is 12.5. The fraction of sp³-hybridized carbons (Fsp3) is 0.278. The minimum Gasteiger partial charge on any atom is -0.493 e. The van der Waals surface area contributed by atoms with Crippen LogP contribution in [0.15, 0.2) is 36.4 Å². The van der Waals surface area contributed by atoms with Crippen molar-refractivity contribution in [3.63, 3.8) is 0 Å². The lowest BCUT2D eigenvalue weighted by Gasteiger charge is -2.12. The van der Waals surface area contributed by atoms with E-state index in [1.54, 1.807) is 32.4 Å². The largest absolute Gasteiger partial charge is 0.493 e. The maximum absolute atomic E-state index is 12.5. The van der Waals surface area contributed by atoms with Crippen molar-refractivity contribution >= 4 is 5.78 Å². The first-order chi connectivity index (χ1) is 11.7. The highest BCUT2D eigenvalue weighted by molar-refractivity contribution is 6.01. The number of ether oxygens (including phenoxy) is 5. The number of hydrogen-bond donors (Lipinski definition) is 0. The summed E-state index contributed by atoms with van der Waals surface area (Å²) in [6, 6.07) is 10.9. The molecule has 2 heterocycles. The summed E-state index contributed by atoms with van der Waals surface area (Å²) in [6.45, 7) is 0.101. The van der Waals surface area contributed by atoms with Gasteiger partial charge in [-0.05, 0) is 6.07 Å². The summed E-state index contributed by atoms with van der Waals surface area (Å²) >= 11 is 0. The first kappa shape index (κ1) is 14.8. The van der Waals surface area contributed by atoms with Crippen molar-refractivity contribution in [2.45, 2.75) is 12.2 Å². The Balaban J connectivity index is 1.67. The lowest BCUT2D eigenvalue weighted by molar-refractivity contribution is 0.0953. The monoisotopic (exact) mass is 328 g/mol. The Kier molecular flexibility index (Phi) is 3.54. The third-order valence-corrected chi connectivity index (χ3v) is 4.13. The molecule has 1 fully saturated rings. The molecule has 124 valence electrons. The van der Waals surface area contributed by atoms with Crippen molar-refractivity contribution in [2.75, 3.05) is 21.0 Å². The lowest BCUT2D eigenvalue weighted by Crippen LogP contribution is -2.08. The van der Waals surface area contributed by atoms with Crippen molar-refractivity contribution in [2.24, 2.45) is 0 Å². The van der Waals surface area contributed by atoms with Crippen molar-refractivity contribution in [1.82, 2.24) is 0 Å². The fourth-order valence-corrected chi connectivity index (χ4v) is 2.92. The lowest BCUT2D eigenvalue weighted by atomic mass is 10.0. The molecule has 0 aromatic heterocycles. The van der Waals surface area contributed by atoms with Gasteiger partial charge in [0.1, 0.15) is 6.10 Å². The summed E-state index contributed by atoms with van der Waals surface area (Å²) in [5, 5.41) is 0. The standard InChI is InChI=1S/C18H16O6/c1-20-12-8-11(14(21-2)18-16(12)22-9-23-18)15-17(24-15)13(19)10-6-4-3-5-7-10/h3-8,15,17H,9H2,1-2H3/t15-,17-/m1/s1. The number of benzene rings is 2. The van der Waals surface area contributed by atoms with Gasteiger partial charge in [-0.1, -0.05) is 30.3 Å². The number of rotatable bonds is 5. The number of hydrogen-bond acceptors (Lipinski definition) is 6. The van der Waals surface area contributed by atoms with Crippen LogP contribution >= 0.6 is 0 Å². The van der Waals surface area contributed by atoms with Gasteiger partial charge in [0.2, 0.25) is 18.3 Å². The van der Waals surface area contributed by atoms with Crippen molar-refractivity contribution in [1.29, 1.82) is 0 Å². The molecule has 2 aliphatic heterocycles. The topological polar surface area (TPSA) is 66.5 Å². The molecule has 0 aliphatic carbocycles. The van der Waals surface area contributed by atoms with E-state index in [-0.39, 0.29) is 12.6 Å². The molecule has 0 saturated carbocycles. The second kappa shape index (κ2) is 5.72. The number of epoxide rings is 1. The third kappa shape index (κ3) is 2.27. The summed E-state index contributed by atoms with van der Waals surface area (Å²) in [5.41, 5.74) is 1.34. The zero-order chi connectivity index (χ0) is 16.7. The van der Waals surface area contributed by atoms with Crippen molar-refractivity contribution in [3.05, 3.63) is 47.5 Å². The minimum atomic E-state index is -0.536. The Labute approximate surface area is 138 Å². The van der Waals surface area contributed by atoms with Gasteiger partial charge in [0.25, 0.3) is 0 Å². The summed E-state index contributed by atoms with van der Waals surface area (Å²) in [5.74, 6) is 1.97. The molecular formula is C18H16O6. The Morgan fingerprint density at radius 2 is 1.83 bits per heavy atom. The zero-order valence-corrected chi connectivity index (χ0v) is 13.3. The molecule has 2 aromatic carbocycles. The highest BCUT2D eigenvalue weighted by Crippen LogP contribution is 2.55. The Morgan fingerprint density at radius 3 is 2.54 bits per heavy atom. The average Bonchev–Trinajstić information content (AvgIpc) is 3.28. The van der Waals surface area contributed by atoms with Crippen molar-refractivity contribution in [3.8, 4) is 23.0 Å². The molecule has 2 aromatic rings. The number of carbonyl (C=O) groups is 1. The third-order valence-electron chi connectivity index (χ3n) is 4.13. The van der Waals surface area contributed by atoms with Crippen LogP contribution in [0.5, 0.6) is 23.0 Å². The molecule has 0 radical (unpaired) electrons. The highest BCUT2D eigenvalue weighted by atomic mass is 16.7. The van der Waals surface area contributed by atoms with E-state index in [0.717, 1.165) is 0 Å². The van der Waals surface area contributed by atoms with Crippen LogP contribution in [0.1, 0.15) is 22.0 Å². The van der Waals surface area contributed by atoms with Gasteiger partial charge in [-0.25, -0.2) is 0 Å².